The molecule has 0 saturated carbocycles. The minimum Gasteiger partial charge on any atom is -0.321 e. The first-order chi connectivity index (χ1) is 13.0. The first kappa shape index (κ1) is 17.4. The van der Waals surface area contributed by atoms with Crippen molar-refractivity contribution in [2.24, 2.45) is 0 Å². The van der Waals surface area contributed by atoms with E-state index in [0.29, 0.717) is 32.2 Å². The van der Waals surface area contributed by atoms with Gasteiger partial charge in [0.05, 0.1) is 4.70 Å². The summed E-state index contributed by atoms with van der Waals surface area (Å²) in [7, 11) is 0. The Morgan fingerprint density at radius 2 is 1.81 bits per heavy atom. The topological polar surface area (TPSA) is 74.8 Å². The minimum atomic E-state index is -0.436. The van der Waals surface area contributed by atoms with Gasteiger partial charge in [0.15, 0.2) is 5.65 Å². The second-order valence-corrected chi connectivity index (χ2v) is 7.13. The van der Waals surface area contributed by atoms with Crippen LogP contribution in [0, 0.1) is 5.82 Å². The lowest BCUT2D eigenvalue weighted by Crippen LogP contribution is -2.14. The fourth-order valence-electron chi connectivity index (χ4n) is 2.62. The first-order valence-corrected chi connectivity index (χ1v) is 9.06. The van der Waals surface area contributed by atoms with Gasteiger partial charge < -0.3 is 5.32 Å². The van der Waals surface area contributed by atoms with Gasteiger partial charge in [-0.3, -0.25) is 14.6 Å². The highest BCUT2D eigenvalue weighted by Crippen LogP contribution is 2.30. The largest absolute Gasteiger partial charge is 0.321 e. The van der Waals surface area contributed by atoms with Crippen LogP contribution in [0.5, 0.6) is 0 Å². The predicted molar refractivity (Wildman–Crippen MR) is 105 cm³/mol. The Bertz CT molecular complexity index is 1200. The van der Waals surface area contributed by atoms with Crippen molar-refractivity contribution in [3.8, 4) is 11.1 Å². The van der Waals surface area contributed by atoms with E-state index in [2.05, 4.69) is 15.3 Å². The van der Waals surface area contributed by atoms with Crippen molar-refractivity contribution in [3.05, 3.63) is 80.8 Å². The molecule has 0 fully saturated rings. The highest BCUT2D eigenvalue weighted by atomic mass is 35.5. The molecule has 2 heterocycles. The van der Waals surface area contributed by atoms with E-state index in [-0.39, 0.29) is 16.4 Å². The van der Waals surface area contributed by atoms with Crippen LogP contribution < -0.4 is 10.2 Å². The van der Waals surface area contributed by atoms with Crippen molar-refractivity contribution in [1.29, 1.82) is 0 Å². The lowest BCUT2D eigenvalue weighted by atomic mass is 10.1. The smallest absolute Gasteiger partial charge is 0.306 e. The van der Waals surface area contributed by atoms with E-state index < -0.39 is 5.91 Å². The Morgan fingerprint density at radius 1 is 1.11 bits per heavy atom. The van der Waals surface area contributed by atoms with Crippen LogP contribution in [0.25, 0.3) is 21.5 Å². The molecular formula is C19H11ClFN3O2S. The molecule has 2 N–H and O–H groups in total. The quantitative estimate of drug-likeness (QED) is 0.524. The number of hydrogen-bond donors (Lipinski definition) is 2. The number of carbonyl (C=O) groups excluding carboxylic acids is 1. The number of fused-ring (bicyclic) bond motifs is 1. The molecule has 134 valence electrons. The van der Waals surface area contributed by atoms with Crippen LogP contribution in [-0.2, 0) is 0 Å². The van der Waals surface area contributed by atoms with Gasteiger partial charge >= 0.3 is 4.87 Å². The van der Waals surface area contributed by atoms with Gasteiger partial charge in [0.2, 0.25) is 0 Å². The number of aromatic nitrogens is 2. The number of carbonyl (C=O) groups is 1. The zero-order valence-corrected chi connectivity index (χ0v) is 15.2. The minimum absolute atomic E-state index is 0.130. The first-order valence-electron chi connectivity index (χ1n) is 7.86. The molecule has 0 aliphatic rings. The van der Waals surface area contributed by atoms with E-state index in [4.69, 9.17) is 11.6 Å². The number of nitrogens with one attached hydrogen (secondary N) is 2. The number of halogens is 2. The summed E-state index contributed by atoms with van der Waals surface area (Å²) in [5.74, 6) is -0.804. The third-order valence-corrected chi connectivity index (χ3v) is 5.04. The summed E-state index contributed by atoms with van der Waals surface area (Å²) < 4.78 is 13.9. The average Bonchev–Trinajstić information content (AvgIpc) is 3.03. The number of benzene rings is 2. The van der Waals surface area contributed by atoms with Crippen molar-refractivity contribution in [2.75, 3.05) is 5.32 Å². The van der Waals surface area contributed by atoms with Crippen molar-refractivity contribution in [1.82, 2.24) is 9.97 Å². The van der Waals surface area contributed by atoms with Crippen LogP contribution in [0.2, 0.25) is 5.02 Å². The highest BCUT2D eigenvalue weighted by Gasteiger charge is 2.16. The molecule has 0 bridgehead atoms. The average molecular weight is 400 g/mol. The molecule has 0 atom stereocenters. The summed E-state index contributed by atoms with van der Waals surface area (Å²) >= 11 is 6.84. The number of aromatic amines is 1. The number of rotatable bonds is 3. The van der Waals surface area contributed by atoms with Gasteiger partial charge in [-0.1, -0.05) is 35.1 Å². The van der Waals surface area contributed by atoms with Gasteiger partial charge in [0.1, 0.15) is 11.5 Å². The van der Waals surface area contributed by atoms with Crippen LogP contribution in [0.4, 0.5) is 10.1 Å². The molecule has 2 aromatic carbocycles. The number of H-pyrrole nitrogens is 1. The molecule has 2 aromatic heterocycles. The van der Waals surface area contributed by atoms with Gasteiger partial charge in [-0.05, 0) is 48.0 Å². The summed E-state index contributed by atoms with van der Waals surface area (Å²) in [6.45, 7) is 0. The van der Waals surface area contributed by atoms with E-state index in [9.17, 15) is 14.0 Å². The second-order valence-electron chi connectivity index (χ2n) is 5.72. The van der Waals surface area contributed by atoms with E-state index in [0.717, 1.165) is 11.3 Å². The summed E-state index contributed by atoms with van der Waals surface area (Å²) in [5.41, 5.74) is 2.32. The van der Waals surface area contributed by atoms with Crippen LogP contribution in [-0.4, -0.2) is 15.9 Å². The summed E-state index contributed by atoms with van der Waals surface area (Å²) in [6.07, 6.45) is 0. The number of nitrogens with zero attached hydrogens (tertiary/aromatic N) is 1. The van der Waals surface area contributed by atoms with Gasteiger partial charge in [0.25, 0.3) is 5.91 Å². The SMILES string of the molecule is O=C(Nc1ccc(Cl)cc1)c1cc(-c2ccc(F)cc2)c2sc(=O)[nH]c2n1. The molecule has 27 heavy (non-hydrogen) atoms. The Kier molecular flexibility index (Phi) is 4.47. The number of anilines is 1. The monoisotopic (exact) mass is 399 g/mol. The highest BCUT2D eigenvalue weighted by molar-refractivity contribution is 7.16. The molecule has 0 aliphatic carbocycles. The van der Waals surface area contributed by atoms with Crippen molar-refractivity contribution >= 4 is 44.9 Å². The maximum atomic E-state index is 13.3. The summed E-state index contributed by atoms with van der Waals surface area (Å²) in [4.78, 5) is 31.0. The number of pyridine rings is 1. The normalized spacial score (nSPS) is 10.9. The summed E-state index contributed by atoms with van der Waals surface area (Å²) in [5, 5.41) is 3.29. The Morgan fingerprint density at radius 3 is 2.52 bits per heavy atom. The van der Waals surface area contributed by atoms with Crippen LogP contribution in [0.3, 0.4) is 0 Å². The Hall–Kier alpha value is -3.03. The number of amides is 1. The lowest BCUT2D eigenvalue weighted by Gasteiger charge is -2.08. The molecule has 0 unspecified atom stereocenters. The van der Waals surface area contributed by atoms with E-state index in [1.165, 1.54) is 12.1 Å². The molecule has 4 rings (SSSR count). The van der Waals surface area contributed by atoms with Gasteiger partial charge in [-0.2, -0.15) is 0 Å². The third-order valence-electron chi connectivity index (χ3n) is 3.88. The van der Waals surface area contributed by atoms with Crippen molar-refractivity contribution in [2.45, 2.75) is 0 Å². The van der Waals surface area contributed by atoms with Crippen LogP contribution in [0.15, 0.2) is 59.4 Å². The van der Waals surface area contributed by atoms with Crippen molar-refractivity contribution < 1.29 is 9.18 Å². The fourth-order valence-corrected chi connectivity index (χ4v) is 3.56. The number of thiazole rings is 1. The van der Waals surface area contributed by atoms with E-state index in [1.807, 2.05) is 0 Å². The van der Waals surface area contributed by atoms with Crippen LogP contribution in [0.1, 0.15) is 10.5 Å². The fraction of sp³-hybridized carbons (Fsp3) is 0. The molecule has 1 amide bonds. The van der Waals surface area contributed by atoms with Gasteiger partial charge in [0, 0.05) is 16.3 Å². The Balaban J connectivity index is 1.79. The molecule has 0 saturated heterocycles. The standard InChI is InChI=1S/C19H11ClFN3O2S/c20-11-3-7-13(8-4-11)22-18(25)15-9-14(10-1-5-12(21)6-2-10)16-17(23-15)24-19(26)27-16/h1-9H,(H,22,25)(H,23,24,26). The molecule has 0 aliphatic heterocycles. The van der Waals surface area contributed by atoms with E-state index >= 15 is 0 Å². The van der Waals surface area contributed by atoms with Crippen LogP contribution >= 0.6 is 22.9 Å². The zero-order valence-electron chi connectivity index (χ0n) is 13.6. The number of hydrogen-bond acceptors (Lipinski definition) is 4. The second kappa shape index (κ2) is 6.94. The molecule has 0 radical (unpaired) electrons. The molecule has 5 nitrogen and oxygen atoms in total. The molecule has 8 heteroatoms. The van der Waals surface area contributed by atoms with Gasteiger partial charge in [-0.25, -0.2) is 9.37 Å². The maximum absolute atomic E-state index is 13.3. The zero-order chi connectivity index (χ0) is 19.0. The van der Waals surface area contributed by atoms with Gasteiger partial charge in [-0.15, -0.1) is 0 Å². The lowest BCUT2D eigenvalue weighted by molar-refractivity contribution is 0.102. The predicted octanol–water partition coefficient (Wildman–Crippen LogP) is 4.70. The molecule has 0 spiro atoms. The third kappa shape index (κ3) is 3.60. The maximum Gasteiger partial charge on any atom is 0.306 e. The Labute approximate surface area is 161 Å². The van der Waals surface area contributed by atoms with Crippen molar-refractivity contribution in [3.63, 3.8) is 0 Å². The molecular weight excluding hydrogens is 389 g/mol. The molecule has 4 aromatic rings. The van der Waals surface area contributed by atoms with E-state index in [1.54, 1.807) is 42.5 Å². The summed E-state index contributed by atoms with van der Waals surface area (Å²) in [6, 6.07) is 14.1.